The van der Waals surface area contributed by atoms with Crippen LogP contribution in [0.3, 0.4) is 0 Å². The van der Waals surface area contributed by atoms with Crippen molar-refractivity contribution in [1.82, 2.24) is 0 Å². The summed E-state index contributed by atoms with van der Waals surface area (Å²) in [7, 11) is 0. The predicted octanol–water partition coefficient (Wildman–Crippen LogP) is 3.01. The Morgan fingerprint density at radius 1 is 1.12 bits per heavy atom. The largest absolute Gasteiger partial charge is 0.493 e. The minimum absolute atomic E-state index is 0.136. The van der Waals surface area contributed by atoms with Gasteiger partial charge in [-0.15, -0.1) is 0 Å². The van der Waals surface area contributed by atoms with Crippen molar-refractivity contribution < 1.29 is 14.6 Å². The predicted molar refractivity (Wildman–Crippen MR) is 69.3 cm³/mol. The second-order valence-corrected chi connectivity index (χ2v) is 4.47. The van der Waals surface area contributed by atoms with Crippen LogP contribution >= 0.6 is 0 Å². The molecule has 0 unspecified atom stereocenters. The van der Waals surface area contributed by atoms with Gasteiger partial charge in [-0.25, -0.2) is 5.21 Å². The number of ether oxygens (including phenoxy) is 1. The fourth-order valence-corrected chi connectivity index (χ4v) is 1.72. The topological polar surface area (TPSA) is 29.5 Å². The van der Waals surface area contributed by atoms with Crippen LogP contribution in [0.15, 0.2) is 24.3 Å². The molecule has 3 nitrogen and oxygen atoms in total. The number of hydrogen-bond donors (Lipinski definition) is 1. The molecule has 0 spiro atoms. The maximum absolute atomic E-state index is 10.0. The zero-order valence-electron chi connectivity index (χ0n) is 11.1. The minimum Gasteiger partial charge on any atom is -0.493 e. The van der Waals surface area contributed by atoms with E-state index in [9.17, 15) is 5.21 Å². The van der Waals surface area contributed by atoms with Gasteiger partial charge in [0, 0.05) is 6.42 Å². The lowest BCUT2D eigenvalue weighted by atomic mass is 10.2. The van der Waals surface area contributed by atoms with E-state index < -0.39 is 0 Å². The molecule has 0 aliphatic rings. The molecule has 0 saturated carbocycles. The molecule has 0 aliphatic carbocycles. The standard InChI is InChI=1S/C14H24NO2/c1-4-15(16,5-2)11-6-12-17-14-9-7-13(3)8-10-14/h7-10,16H,4-6,11-12H2,1-3H3/q+1. The molecule has 0 atom stereocenters. The van der Waals surface area contributed by atoms with E-state index in [0.29, 0.717) is 6.61 Å². The smallest absolute Gasteiger partial charge is 0.119 e. The van der Waals surface area contributed by atoms with Crippen molar-refractivity contribution in [2.75, 3.05) is 26.2 Å². The number of hydrogen-bond acceptors (Lipinski definition) is 2. The quantitative estimate of drug-likeness (QED) is 0.449. The number of nitrogens with zero attached hydrogens (tertiary/aromatic N) is 1. The molecule has 1 N–H and O–H groups in total. The zero-order valence-corrected chi connectivity index (χ0v) is 11.1. The van der Waals surface area contributed by atoms with Crippen LogP contribution in [-0.2, 0) is 0 Å². The lowest BCUT2D eigenvalue weighted by molar-refractivity contribution is -1.10. The van der Waals surface area contributed by atoms with Gasteiger partial charge in [-0.1, -0.05) is 17.7 Å². The molecule has 1 rings (SSSR count). The second kappa shape index (κ2) is 6.62. The molecular weight excluding hydrogens is 214 g/mol. The minimum atomic E-state index is 0.136. The first-order valence-electron chi connectivity index (χ1n) is 6.38. The van der Waals surface area contributed by atoms with E-state index >= 15 is 0 Å². The van der Waals surface area contributed by atoms with Crippen molar-refractivity contribution in [2.24, 2.45) is 0 Å². The molecule has 0 radical (unpaired) electrons. The van der Waals surface area contributed by atoms with Gasteiger partial charge in [-0.2, -0.15) is 4.65 Å². The summed E-state index contributed by atoms with van der Waals surface area (Å²) in [6.45, 7) is 8.98. The van der Waals surface area contributed by atoms with Gasteiger partial charge in [0.25, 0.3) is 0 Å². The van der Waals surface area contributed by atoms with E-state index in [1.165, 1.54) is 5.56 Å². The monoisotopic (exact) mass is 238 g/mol. The van der Waals surface area contributed by atoms with Crippen LogP contribution in [0, 0.1) is 6.92 Å². The van der Waals surface area contributed by atoms with E-state index in [4.69, 9.17) is 4.74 Å². The van der Waals surface area contributed by atoms with Crippen LogP contribution in [0.5, 0.6) is 5.75 Å². The van der Waals surface area contributed by atoms with Crippen molar-refractivity contribution >= 4 is 0 Å². The molecular formula is C14H24NO2+. The first kappa shape index (κ1) is 14.0. The number of aryl methyl sites for hydroxylation is 1. The second-order valence-electron chi connectivity index (χ2n) is 4.47. The van der Waals surface area contributed by atoms with Gasteiger partial charge in [-0.05, 0) is 32.9 Å². The van der Waals surface area contributed by atoms with Gasteiger partial charge in [0.1, 0.15) is 25.4 Å². The lowest BCUT2D eigenvalue weighted by Crippen LogP contribution is -2.45. The Labute approximate surface area is 104 Å². The summed E-state index contributed by atoms with van der Waals surface area (Å²) in [6.07, 6.45) is 0.867. The molecule has 3 heteroatoms. The van der Waals surface area contributed by atoms with E-state index in [-0.39, 0.29) is 4.65 Å². The number of quaternary nitrogens is 1. The van der Waals surface area contributed by atoms with Gasteiger partial charge in [0.2, 0.25) is 0 Å². The van der Waals surface area contributed by atoms with Crippen LogP contribution < -0.4 is 4.74 Å². The highest BCUT2D eigenvalue weighted by Gasteiger charge is 2.19. The number of benzene rings is 1. The SMILES string of the molecule is CC[N+](O)(CC)CCCOc1ccc(C)cc1. The first-order chi connectivity index (χ1) is 8.09. The molecule has 0 amide bonds. The van der Waals surface area contributed by atoms with Crippen molar-refractivity contribution in [2.45, 2.75) is 27.2 Å². The molecule has 0 heterocycles. The van der Waals surface area contributed by atoms with Crippen molar-refractivity contribution in [3.63, 3.8) is 0 Å². The normalized spacial score (nSPS) is 11.5. The highest BCUT2D eigenvalue weighted by molar-refractivity contribution is 5.26. The lowest BCUT2D eigenvalue weighted by Gasteiger charge is -2.27. The Morgan fingerprint density at radius 3 is 2.24 bits per heavy atom. The average molecular weight is 238 g/mol. The van der Waals surface area contributed by atoms with Gasteiger partial charge in [0.05, 0.1) is 6.61 Å². The Bertz CT molecular complexity index is 317. The Morgan fingerprint density at radius 2 is 1.71 bits per heavy atom. The van der Waals surface area contributed by atoms with E-state index in [1.54, 1.807) is 0 Å². The molecule has 96 valence electrons. The average Bonchev–Trinajstić information content (AvgIpc) is 2.36. The molecule has 0 fully saturated rings. The Balaban J connectivity index is 2.26. The van der Waals surface area contributed by atoms with Crippen LogP contribution in [0.2, 0.25) is 0 Å². The van der Waals surface area contributed by atoms with Crippen LogP contribution in [0.1, 0.15) is 25.8 Å². The fraction of sp³-hybridized carbons (Fsp3) is 0.571. The summed E-state index contributed by atoms with van der Waals surface area (Å²) in [5.74, 6) is 0.902. The summed E-state index contributed by atoms with van der Waals surface area (Å²) in [4.78, 5) is 0. The third-order valence-corrected chi connectivity index (χ3v) is 3.19. The number of hydroxylamine groups is 3. The third-order valence-electron chi connectivity index (χ3n) is 3.19. The molecule has 1 aromatic carbocycles. The highest BCUT2D eigenvalue weighted by atomic mass is 16.5. The molecule has 1 aromatic rings. The first-order valence-corrected chi connectivity index (χ1v) is 6.38. The highest BCUT2D eigenvalue weighted by Crippen LogP contribution is 2.12. The molecule has 0 aliphatic heterocycles. The summed E-state index contributed by atoms with van der Waals surface area (Å²) in [6, 6.07) is 8.05. The van der Waals surface area contributed by atoms with Crippen molar-refractivity contribution in [3.8, 4) is 5.75 Å². The van der Waals surface area contributed by atoms with Crippen LogP contribution in [0.25, 0.3) is 0 Å². The van der Waals surface area contributed by atoms with Gasteiger partial charge < -0.3 is 4.74 Å². The van der Waals surface area contributed by atoms with E-state index in [2.05, 4.69) is 6.92 Å². The van der Waals surface area contributed by atoms with Crippen LogP contribution in [-0.4, -0.2) is 36.1 Å². The van der Waals surface area contributed by atoms with Gasteiger partial charge in [0.15, 0.2) is 0 Å². The molecule has 0 aromatic heterocycles. The van der Waals surface area contributed by atoms with Crippen molar-refractivity contribution in [3.05, 3.63) is 29.8 Å². The number of rotatable bonds is 7. The summed E-state index contributed by atoms with van der Waals surface area (Å²) < 4.78 is 5.76. The summed E-state index contributed by atoms with van der Waals surface area (Å²) in [5.41, 5.74) is 1.24. The van der Waals surface area contributed by atoms with Crippen LogP contribution in [0.4, 0.5) is 0 Å². The maximum atomic E-state index is 10.0. The third kappa shape index (κ3) is 4.75. The van der Waals surface area contributed by atoms with E-state index in [0.717, 1.165) is 31.8 Å². The van der Waals surface area contributed by atoms with E-state index in [1.807, 2.05) is 38.1 Å². The molecule has 0 saturated heterocycles. The fourth-order valence-electron chi connectivity index (χ4n) is 1.72. The summed E-state index contributed by atoms with van der Waals surface area (Å²) in [5, 5.41) is 10.0. The molecule has 17 heavy (non-hydrogen) atoms. The van der Waals surface area contributed by atoms with Gasteiger partial charge in [-0.3, -0.25) is 0 Å². The molecule has 0 bridgehead atoms. The Hall–Kier alpha value is -1.06. The van der Waals surface area contributed by atoms with Gasteiger partial charge >= 0.3 is 0 Å². The van der Waals surface area contributed by atoms with Crippen molar-refractivity contribution in [1.29, 1.82) is 0 Å². The maximum Gasteiger partial charge on any atom is 0.119 e. The Kier molecular flexibility index (Phi) is 5.45. The zero-order chi connectivity index (χ0) is 12.7. The summed E-state index contributed by atoms with van der Waals surface area (Å²) >= 11 is 0.